The Bertz CT molecular complexity index is 405. The van der Waals surface area contributed by atoms with Gasteiger partial charge in [-0.2, -0.15) is 5.10 Å². The van der Waals surface area contributed by atoms with Crippen LogP contribution in [0.1, 0.15) is 32.8 Å². The second kappa shape index (κ2) is 5.52. The molecule has 2 N–H and O–H groups in total. The number of nitrogens with zero attached hydrogens (tertiary/aromatic N) is 3. The Hall–Kier alpha value is -1.36. The molecule has 1 aromatic heterocycles. The third-order valence-electron chi connectivity index (χ3n) is 3.11. The Morgan fingerprint density at radius 3 is 2.61 bits per heavy atom. The zero-order valence-corrected chi connectivity index (χ0v) is 12.0. The summed E-state index contributed by atoms with van der Waals surface area (Å²) >= 11 is 0. The van der Waals surface area contributed by atoms with Crippen LogP contribution in [0.5, 0.6) is 0 Å². The zero-order chi connectivity index (χ0) is 13.9. The quantitative estimate of drug-likeness (QED) is 0.874. The van der Waals surface area contributed by atoms with Gasteiger partial charge < -0.3 is 10.6 Å². The molecular formula is C13H24N4O. The fraction of sp³-hybridized carbons (Fsp3) is 0.692. The number of hydrogen-bond acceptors (Lipinski definition) is 3. The van der Waals surface area contributed by atoms with Crippen LogP contribution < -0.4 is 5.73 Å². The number of carbonyl (C=O) groups excluding carboxylic acids is 1. The second-order valence-electron chi connectivity index (χ2n) is 5.95. The molecule has 1 unspecified atom stereocenters. The molecule has 0 radical (unpaired) electrons. The van der Waals surface area contributed by atoms with Crippen LogP contribution in [-0.4, -0.2) is 33.7 Å². The van der Waals surface area contributed by atoms with Crippen LogP contribution in [0.3, 0.4) is 0 Å². The molecule has 0 saturated heterocycles. The maximum Gasteiger partial charge on any atom is 0.224 e. The van der Waals surface area contributed by atoms with E-state index in [4.69, 9.17) is 5.73 Å². The number of hydrogen-bond donors (Lipinski definition) is 1. The lowest BCUT2D eigenvalue weighted by Crippen LogP contribution is -2.40. The van der Waals surface area contributed by atoms with Crippen molar-refractivity contribution in [2.45, 2.75) is 39.8 Å². The molecule has 1 rings (SSSR count). The van der Waals surface area contributed by atoms with Crippen molar-refractivity contribution >= 4 is 5.91 Å². The highest BCUT2D eigenvalue weighted by molar-refractivity contribution is 5.76. The van der Waals surface area contributed by atoms with Crippen molar-refractivity contribution in [3.63, 3.8) is 0 Å². The van der Waals surface area contributed by atoms with E-state index in [1.165, 1.54) is 0 Å². The smallest absolute Gasteiger partial charge is 0.224 e. The number of carbonyl (C=O) groups is 1. The van der Waals surface area contributed by atoms with Gasteiger partial charge in [0.15, 0.2) is 0 Å². The first-order chi connectivity index (χ1) is 8.20. The number of rotatable bonds is 4. The van der Waals surface area contributed by atoms with Gasteiger partial charge in [0, 0.05) is 44.9 Å². The largest absolute Gasteiger partial charge is 0.341 e. The summed E-state index contributed by atoms with van der Waals surface area (Å²) < 4.78 is 1.73. The molecule has 0 bridgehead atoms. The molecule has 0 aliphatic rings. The van der Waals surface area contributed by atoms with Crippen molar-refractivity contribution < 1.29 is 4.79 Å². The average Bonchev–Trinajstić information content (AvgIpc) is 2.62. The minimum absolute atomic E-state index is 0.0508. The lowest BCUT2D eigenvalue weighted by Gasteiger charge is -2.28. The molecule has 0 spiro atoms. The number of nitrogens with two attached hydrogens (primary N) is 1. The van der Waals surface area contributed by atoms with Crippen LogP contribution in [0, 0.1) is 5.41 Å². The van der Waals surface area contributed by atoms with Crippen molar-refractivity contribution in [2.75, 3.05) is 7.05 Å². The van der Waals surface area contributed by atoms with E-state index in [1.807, 2.05) is 34.0 Å². The third-order valence-corrected chi connectivity index (χ3v) is 3.11. The van der Waals surface area contributed by atoms with E-state index in [1.54, 1.807) is 22.8 Å². The van der Waals surface area contributed by atoms with Crippen LogP contribution in [0.25, 0.3) is 0 Å². The van der Waals surface area contributed by atoms with Crippen molar-refractivity contribution in [3.05, 3.63) is 18.0 Å². The van der Waals surface area contributed by atoms with Gasteiger partial charge in [-0.05, 0) is 5.41 Å². The molecule has 102 valence electrons. The summed E-state index contributed by atoms with van der Waals surface area (Å²) in [5.74, 6) is 0.0706. The maximum absolute atomic E-state index is 12.0. The molecule has 0 fully saturated rings. The Morgan fingerprint density at radius 1 is 1.56 bits per heavy atom. The van der Waals surface area contributed by atoms with Gasteiger partial charge in [0.05, 0.1) is 6.20 Å². The van der Waals surface area contributed by atoms with Crippen molar-refractivity contribution in [1.29, 1.82) is 0 Å². The van der Waals surface area contributed by atoms with E-state index in [-0.39, 0.29) is 17.4 Å². The highest BCUT2D eigenvalue weighted by Crippen LogP contribution is 2.20. The third kappa shape index (κ3) is 4.14. The molecule has 0 aromatic carbocycles. The molecule has 0 aliphatic carbocycles. The molecule has 1 heterocycles. The van der Waals surface area contributed by atoms with E-state index < -0.39 is 0 Å². The summed E-state index contributed by atoms with van der Waals surface area (Å²) in [6, 6.07) is -0.124. The Balaban J connectivity index is 2.52. The summed E-state index contributed by atoms with van der Waals surface area (Å²) in [6.45, 7) is 6.72. The van der Waals surface area contributed by atoms with Crippen LogP contribution in [-0.2, 0) is 18.4 Å². The van der Waals surface area contributed by atoms with Crippen molar-refractivity contribution in [2.24, 2.45) is 18.2 Å². The summed E-state index contributed by atoms with van der Waals surface area (Å²) in [5.41, 5.74) is 7.00. The van der Waals surface area contributed by atoms with Gasteiger partial charge in [0.2, 0.25) is 5.91 Å². The summed E-state index contributed by atoms with van der Waals surface area (Å²) in [7, 11) is 3.66. The topological polar surface area (TPSA) is 64.2 Å². The monoisotopic (exact) mass is 252 g/mol. The van der Waals surface area contributed by atoms with E-state index in [0.717, 1.165) is 5.56 Å². The van der Waals surface area contributed by atoms with E-state index in [9.17, 15) is 4.79 Å². The first-order valence-electron chi connectivity index (χ1n) is 6.17. The highest BCUT2D eigenvalue weighted by Gasteiger charge is 2.24. The van der Waals surface area contributed by atoms with Crippen LogP contribution in [0.4, 0.5) is 0 Å². The van der Waals surface area contributed by atoms with Crippen LogP contribution in [0.15, 0.2) is 12.4 Å². The predicted molar refractivity (Wildman–Crippen MR) is 71.7 cm³/mol. The number of amides is 1. The normalized spacial score (nSPS) is 13.4. The molecular weight excluding hydrogens is 228 g/mol. The molecule has 0 saturated carbocycles. The lowest BCUT2D eigenvalue weighted by atomic mass is 9.85. The van der Waals surface area contributed by atoms with E-state index in [0.29, 0.717) is 13.0 Å². The standard InChI is InChI=1S/C13H24N4O/c1-13(2,3)11(14)6-12(18)16(4)8-10-7-15-17(5)9-10/h7,9,11H,6,8,14H2,1-5H3. The van der Waals surface area contributed by atoms with Crippen LogP contribution >= 0.6 is 0 Å². The second-order valence-corrected chi connectivity index (χ2v) is 5.95. The fourth-order valence-corrected chi connectivity index (χ4v) is 1.57. The zero-order valence-electron chi connectivity index (χ0n) is 12.0. The Morgan fingerprint density at radius 2 is 2.17 bits per heavy atom. The van der Waals surface area contributed by atoms with Gasteiger partial charge >= 0.3 is 0 Å². The molecule has 5 heteroatoms. The fourth-order valence-electron chi connectivity index (χ4n) is 1.57. The molecule has 1 aromatic rings. The minimum Gasteiger partial charge on any atom is -0.341 e. The first kappa shape index (κ1) is 14.7. The molecule has 5 nitrogen and oxygen atoms in total. The van der Waals surface area contributed by atoms with Gasteiger partial charge in [-0.15, -0.1) is 0 Å². The molecule has 18 heavy (non-hydrogen) atoms. The number of aromatic nitrogens is 2. The maximum atomic E-state index is 12.0. The summed E-state index contributed by atoms with van der Waals surface area (Å²) in [5, 5.41) is 4.08. The van der Waals surface area contributed by atoms with Crippen molar-refractivity contribution in [1.82, 2.24) is 14.7 Å². The number of aryl methyl sites for hydroxylation is 1. The minimum atomic E-state index is -0.124. The van der Waals surface area contributed by atoms with Gasteiger partial charge in [-0.1, -0.05) is 20.8 Å². The van der Waals surface area contributed by atoms with Gasteiger partial charge in [-0.3, -0.25) is 9.48 Å². The molecule has 1 atom stereocenters. The predicted octanol–water partition coefficient (Wildman–Crippen LogP) is 1.14. The van der Waals surface area contributed by atoms with Gasteiger partial charge in [-0.25, -0.2) is 0 Å². The summed E-state index contributed by atoms with van der Waals surface area (Å²) in [6.07, 6.45) is 4.06. The molecule has 1 amide bonds. The SMILES string of the molecule is CN(Cc1cnn(C)c1)C(=O)CC(N)C(C)(C)C. The van der Waals surface area contributed by atoms with E-state index >= 15 is 0 Å². The van der Waals surface area contributed by atoms with Crippen molar-refractivity contribution in [3.8, 4) is 0 Å². The van der Waals surface area contributed by atoms with Gasteiger partial charge in [0.25, 0.3) is 0 Å². The van der Waals surface area contributed by atoms with Gasteiger partial charge in [0.1, 0.15) is 0 Å². The highest BCUT2D eigenvalue weighted by atomic mass is 16.2. The Kier molecular flexibility index (Phi) is 4.51. The molecule has 0 aliphatic heterocycles. The first-order valence-corrected chi connectivity index (χ1v) is 6.17. The van der Waals surface area contributed by atoms with Crippen LogP contribution in [0.2, 0.25) is 0 Å². The summed E-state index contributed by atoms with van der Waals surface area (Å²) in [4.78, 5) is 13.7. The Labute approximate surface area is 109 Å². The van der Waals surface area contributed by atoms with E-state index in [2.05, 4.69) is 5.10 Å². The lowest BCUT2D eigenvalue weighted by molar-refractivity contribution is -0.131. The average molecular weight is 252 g/mol.